The van der Waals surface area contributed by atoms with Gasteiger partial charge in [-0.1, -0.05) is 24.8 Å². The summed E-state index contributed by atoms with van der Waals surface area (Å²) in [5.74, 6) is 0. The zero-order chi connectivity index (χ0) is 11.3. The molecule has 0 saturated carbocycles. The molecule has 0 amide bonds. The van der Waals surface area contributed by atoms with E-state index >= 15 is 0 Å². The molecule has 1 aromatic rings. The molecule has 1 rings (SSSR count). The third-order valence-corrected chi connectivity index (χ3v) is 2.12. The molecule has 0 heterocycles. The number of rotatable bonds is 3. The Balaban J connectivity index is 3.37. The molecule has 0 spiro atoms. The highest BCUT2D eigenvalue weighted by atomic mass is 14.8. The number of aliphatic imine (C=N–C) groups is 2. The summed E-state index contributed by atoms with van der Waals surface area (Å²) >= 11 is 0. The molecule has 0 radical (unpaired) electrons. The molecule has 0 N–H and O–H groups in total. The first-order valence-corrected chi connectivity index (χ1v) is 4.94. The fourth-order valence-electron chi connectivity index (χ4n) is 1.36. The average Bonchev–Trinajstić information content (AvgIpc) is 2.23. The Labute approximate surface area is 91.1 Å². The van der Waals surface area contributed by atoms with Crippen molar-refractivity contribution in [2.45, 2.75) is 20.8 Å². The van der Waals surface area contributed by atoms with Crippen molar-refractivity contribution in [1.29, 1.82) is 0 Å². The predicted molar refractivity (Wildman–Crippen MR) is 68.1 cm³/mol. The van der Waals surface area contributed by atoms with Crippen molar-refractivity contribution in [1.82, 2.24) is 0 Å². The molecule has 0 fully saturated rings. The Hall–Kier alpha value is -1.70. The fourth-order valence-corrected chi connectivity index (χ4v) is 1.36. The molecule has 78 valence electrons. The SMILES string of the molecule is C=CC=Nc1c(C)ccc(C)c1N=CC. The number of hydrogen-bond acceptors (Lipinski definition) is 2. The molecule has 0 saturated heterocycles. The molecule has 15 heavy (non-hydrogen) atoms. The second-order valence-electron chi connectivity index (χ2n) is 3.30. The van der Waals surface area contributed by atoms with Gasteiger partial charge >= 0.3 is 0 Å². The maximum Gasteiger partial charge on any atom is 0.0917 e. The third kappa shape index (κ3) is 2.62. The summed E-state index contributed by atoms with van der Waals surface area (Å²) < 4.78 is 0. The van der Waals surface area contributed by atoms with Crippen LogP contribution >= 0.6 is 0 Å². The minimum atomic E-state index is 0.924. The van der Waals surface area contributed by atoms with Gasteiger partial charge in [0.15, 0.2) is 0 Å². The first-order chi connectivity index (χ1) is 7.20. The number of allylic oxidation sites excluding steroid dienone is 1. The van der Waals surface area contributed by atoms with E-state index in [0.29, 0.717) is 0 Å². The Morgan fingerprint density at radius 2 is 1.60 bits per heavy atom. The van der Waals surface area contributed by atoms with Gasteiger partial charge in [-0.05, 0) is 31.9 Å². The zero-order valence-electron chi connectivity index (χ0n) is 9.49. The Morgan fingerprint density at radius 3 is 2.07 bits per heavy atom. The maximum atomic E-state index is 4.35. The van der Waals surface area contributed by atoms with Gasteiger partial charge in [-0.25, -0.2) is 0 Å². The second kappa shape index (κ2) is 5.25. The van der Waals surface area contributed by atoms with Gasteiger partial charge in [0.25, 0.3) is 0 Å². The fraction of sp³-hybridized carbons (Fsp3) is 0.231. The third-order valence-electron chi connectivity index (χ3n) is 2.12. The molecule has 0 aromatic heterocycles. The zero-order valence-corrected chi connectivity index (χ0v) is 9.49. The molecule has 1 aromatic carbocycles. The van der Waals surface area contributed by atoms with E-state index in [4.69, 9.17) is 0 Å². The van der Waals surface area contributed by atoms with E-state index in [-0.39, 0.29) is 0 Å². The lowest BCUT2D eigenvalue weighted by atomic mass is 10.1. The van der Waals surface area contributed by atoms with Crippen molar-refractivity contribution in [3.63, 3.8) is 0 Å². The molecule has 0 unspecified atom stereocenters. The molecule has 0 aliphatic carbocycles. The highest BCUT2D eigenvalue weighted by Gasteiger charge is 2.05. The van der Waals surface area contributed by atoms with Gasteiger partial charge in [-0.2, -0.15) is 0 Å². The monoisotopic (exact) mass is 200 g/mol. The molecular weight excluding hydrogens is 184 g/mol. The van der Waals surface area contributed by atoms with Gasteiger partial charge in [0.1, 0.15) is 0 Å². The lowest BCUT2D eigenvalue weighted by Crippen LogP contribution is -1.81. The summed E-state index contributed by atoms with van der Waals surface area (Å²) in [6, 6.07) is 4.12. The summed E-state index contributed by atoms with van der Waals surface area (Å²) in [5, 5.41) is 0. The van der Waals surface area contributed by atoms with Gasteiger partial charge < -0.3 is 0 Å². The Bertz CT molecular complexity index is 415. The van der Waals surface area contributed by atoms with Crippen molar-refractivity contribution in [3.8, 4) is 0 Å². The number of nitrogens with zero attached hydrogens (tertiary/aromatic N) is 2. The number of hydrogen-bond donors (Lipinski definition) is 0. The van der Waals surface area contributed by atoms with Gasteiger partial charge in [-0.3, -0.25) is 9.98 Å². The summed E-state index contributed by atoms with van der Waals surface area (Å²) in [6.07, 6.45) is 5.15. The van der Waals surface area contributed by atoms with E-state index in [1.807, 2.05) is 20.8 Å². The van der Waals surface area contributed by atoms with Crippen molar-refractivity contribution in [2.75, 3.05) is 0 Å². The quantitative estimate of drug-likeness (QED) is 0.661. The van der Waals surface area contributed by atoms with Crippen LogP contribution < -0.4 is 0 Å². The van der Waals surface area contributed by atoms with E-state index in [2.05, 4.69) is 28.7 Å². The van der Waals surface area contributed by atoms with Crippen LogP contribution in [0.2, 0.25) is 0 Å². The topological polar surface area (TPSA) is 24.7 Å². The normalized spacial score (nSPS) is 11.4. The van der Waals surface area contributed by atoms with Crippen molar-refractivity contribution < 1.29 is 0 Å². The first kappa shape index (κ1) is 11.4. The summed E-state index contributed by atoms with van der Waals surface area (Å²) in [4.78, 5) is 8.69. The number of benzene rings is 1. The molecule has 0 bridgehead atoms. The van der Waals surface area contributed by atoms with Gasteiger partial charge in [0.2, 0.25) is 0 Å². The van der Waals surface area contributed by atoms with Gasteiger partial charge in [0.05, 0.1) is 11.4 Å². The standard InChI is InChI=1S/C13H16N2/c1-5-9-15-13-11(4)8-7-10(3)12(13)14-6-2/h5-9H,1H2,2-4H3. The van der Waals surface area contributed by atoms with Crippen LogP contribution in [0.5, 0.6) is 0 Å². The van der Waals surface area contributed by atoms with Crippen LogP contribution in [-0.2, 0) is 0 Å². The van der Waals surface area contributed by atoms with E-state index < -0.39 is 0 Å². The lowest BCUT2D eigenvalue weighted by Gasteiger charge is -2.07. The average molecular weight is 200 g/mol. The maximum absolute atomic E-state index is 4.35. The lowest BCUT2D eigenvalue weighted by molar-refractivity contribution is 1.32. The Morgan fingerprint density at radius 1 is 1.07 bits per heavy atom. The van der Waals surface area contributed by atoms with Crippen LogP contribution in [0.1, 0.15) is 18.1 Å². The number of aryl methyl sites for hydroxylation is 2. The van der Waals surface area contributed by atoms with E-state index in [0.717, 1.165) is 22.5 Å². The highest BCUT2D eigenvalue weighted by molar-refractivity contribution is 5.81. The van der Waals surface area contributed by atoms with Crippen LogP contribution in [-0.4, -0.2) is 12.4 Å². The summed E-state index contributed by atoms with van der Waals surface area (Å²) in [5.41, 5.74) is 4.12. The highest BCUT2D eigenvalue weighted by Crippen LogP contribution is 2.34. The van der Waals surface area contributed by atoms with Crippen LogP contribution in [0.4, 0.5) is 11.4 Å². The van der Waals surface area contributed by atoms with Gasteiger partial charge in [-0.15, -0.1) is 0 Å². The Kier molecular flexibility index (Phi) is 3.98. The van der Waals surface area contributed by atoms with Crippen LogP contribution in [0.15, 0.2) is 34.8 Å². The van der Waals surface area contributed by atoms with Gasteiger partial charge in [0, 0.05) is 12.4 Å². The van der Waals surface area contributed by atoms with Crippen molar-refractivity contribution >= 4 is 23.8 Å². The molecule has 2 heteroatoms. The van der Waals surface area contributed by atoms with Crippen LogP contribution in [0, 0.1) is 13.8 Å². The second-order valence-corrected chi connectivity index (χ2v) is 3.30. The van der Waals surface area contributed by atoms with E-state index in [1.165, 1.54) is 0 Å². The van der Waals surface area contributed by atoms with Crippen LogP contribution in [0.3, 0.4) is 0 Å². The van der Waals surface area contributed by atoms with Crippen molar-refractivity contribution in [2.24, 2.45) is 9.98 Å². The smallest absolute Gasteiger partial charge is 0.0917 e. The first-order valence-electron chi connectivity index (χ1n) is 4.94. The summed E-state index contributed by atoms with van der Waals surface area (Å²) in [7, 11) is 0. The van der Waals surface area contributed by atoms with Crippen LogP contribution in [0.25, 0.3) is 0 Å². The molecule has 2 nitrogen and oxygen atoms in total. The minimum Gasteiger partial charge on any atom is -0.259 e. The molecule has 0 aliphatic rings. The molecule has 0 aliphatic heterocycles. The largest absolute Gasteiger partial charge is 0.259 e. The van der Waals surface area contributed by atoms with E-state index in [9.17, 15) is 0 Å². The predicted octanol–water partition coefficient (Wildman–Crippen LogP) is 3.91. The minimum absolute atomic E-state index is 0.924. The summed E-state index contributed by atoms with van der Waals surface area (Å²) in [6.45, 7) is 9.59. The molecular formula is C13H16N2. The molecule has 0 atom stereocenters. The van der Waals surface area contributed by atoms with E-state index in [1.54, 1.807) is 18.5 Å². The van der Waals surface area contributed by atoms with Crippen molar-refractivity contribution in [3.05, 3.63) is 35.9 Å².